The maximum atomic E-state index is 12.4. The third kappa shape index (κ3) is 5.80. The van der Waals surface area contributed by atoms with E-state index in [0.717, 1.165) is 5.56 Å². The summed E-state index contributed by atoms with van der Waals surface area (Å²) in [5.74, 6) is 0.448. The predicted molar refractivity (Wildman–Crippen MR) is 112 cm³/mol. The topological polar surface area (TPSA) is 93.5 Å². The Bertz CT molecular complexity index is 975. The van der Waals surface area contributed by atoms with Gasteiger partial charge < -0.3 is 15.4 Å². The van der Waals surface area contributed by atoms with Crippen molar-refractivity contribution < 1.29 is 14.5 Å². The molecular weight excluding hydrogens is 370 g/mol. The second-order valence-corrected chi connectivity index (χ2v) is 6.46. The van der Waals surface area contributed by atoms with Crippen LogP contribution in [-0.2, 0) is 11.4 Å². The largest absolute Gasteiger partial charge is 0.489 e. The Balaban J connectivity index is 1.53. The molecular formula is C22H21N3O4. The summed E-state index contributed by atoms with van der Waals surface area (Å²) in [6, 6.07) is 22.4. The number of amides is 1. The third-order valence-electron chi connectivity index (χ3n) is 4.20. The lowest BCUT2D eigenvalue weighted by molar-refractivity contribution is -0.384. The number of rotatable bonds is 8. The van der Waals surface area contributed by atoms with Gasteiger partial charge >= 0.3 is 0 Å². The van der Waals surface area contributed by atoms with Crippen molar-refractivity contribution in [3.8, 4) is 5.75 Å². The summed E-state index contributed by atoms with van der Waals surface area (Å²) in [7, 11) is 0. The Kier molecular flexibility index (Phi) is 6.42. The van der Waals surface area contributed by atoms with E-state index in [9.17, 15) is 14.9 Å². The number of anilines is 2. The molecule has 0 aromatic heterocycles. The van der Waals surface area contributed by atoms with E-state index in [0.29, 0.717) is 23.7 Å². The molecule has 7 heteroatoms. The van der Waals surface area contributed by atoms with Crippen molar-refractivity contribution in [1.29, 1.82) is 0 Å². The summed E-state index contributed by atoms with van der Waals surface area (Å²) < 4.78 is 5.73. The number of benzene rings is 3. The zero-order valence-electron chi connectivity index (χ0n) is 15.9. The number of nitrogens with zero attached hydrogens (tertiary/aromatic N) is 1. The first kappa shape index (κ1) is 19.9. The zero-order chi connectivity index (χ0) is 20.6. The molecule has 7 nitrogen and oxygen atoms in total. The first-order valence-corrected chi connectivity index (χ1v) is 9.10. The van der Waals surface area contributed by atoms with Gasteiger partial charge in [0.25, 0.3) is 5.69 Å². The Morgan fingerprint density at radius 1 is 1.00 bits per heavy atom. The Hall–Kier alpha value is -3.87. The summed E-state index contributed by atoms with van der Waals surface area (Å²) in [5.41, 5.74) is 2.18. The first-order valence-electron chi connectivity index (χ1n) is 9.10. The van der Waals surface area contributed by atoms with Crippen LogP contribution in [0.3, 0.4) is 0 Å². The Labute approximate surface area is 168 Å². The highest BCUT2D eigenvalue weighted by atomic mass is 16.6. The highest BCUT2D eigenvalue weighted by Gasteiger charge is 2.14. The normalized spacial score (nSPS) is 11.3. The van der Waals surface area contributed by atoms with Crippen molar-refractivity contribution in [1.82, 2.24) is 0 Å². The highest BCUT2D eigenvalue weighted by Crippen LogP contribution is 2.19. The monoisotopic (exact) mass is 391 g/mol. The second kappa shape index (κ2) is 9.36. The van der Waals surface area contributed by atoms with Gasteiger partial charge in [0.15, 0.2) is 0 Å². The second-order valence-electron chi connectivity index (χ2n) is 6.46. The molecule has 0 unspecified atom stereocenters. The highest BCUT2D eigenvalue weighted by molar-refractivity contribution is 5.96. The number of non-ortho nitro benzene ring substituents is 1. The van der Waals surface area contributed by atoms with E-state index in [4.69, 9.17) is 4.74 Å². The van der Waals surface area contributed by atoms with Crippen LogP contribution in [-0.4, -0.2) is 16.9 Å². The molecule has 2 N–H and O–H groups in total. The fourth-order valence-corrected chi connectivity index (χ4v) is 2.65. The van der Waals surface area contributed by atoms with E-state index in [2.05, 4.69) is 10.6 Å². The number of nitrogens with one attached hydrogen (secondary N) is 2. The lowest BCUT2D eigenvalue weighted by atomic mass is 10.2. The van der Waals surface area contributed by atoms with E-state index in [-0.39, 0.29) is 11.6 Å². The quantitative estimate of drug-likeness (QED) is 0.432. The summed E-state index contributed by atoms with van der Waals surface area (Å²) in [6.07, 6.45) is 0. The molecule has 0 heterocycles. The average molecular weight is 391 g/mol. The lowest BCUT2D eigenvalue weighted by Gasteiger charge is -2.15. The van der Waals surface area contributed by atoms with Gasteiger partial charge in [-0.1, -0.05) is 36.4 Å². The number of ether oxygens (including phenoxy) is 1. The first-order chi connectivity index (χ1) is 14.0. The van der Waals surface area contributed by atoms with Gasteiger partial charge in [-0.3, -0.25) is 14.9 Å². The van der Waals surface area contributed by atoms with Gasteiger partial charge in [0.1, 0.15) is 18.4 Å². The minimum absolute atomic E-state index is 0.0336. The van der Waals surface area contributed by atoms with Crippen LogP contribution >= 0.6 is 0 Å². The van der Waals surface area contributed by atoms with Crippen LogP contribution in [0.25, 0.3) is 0 Å². The average Bonchev–Trinajstić information content (AvgIpc) is 2.74. The molecule has 3 aromatic rings. The molecule has 0 fully saturated rings. The van der Waals surface area contributed by atoms with Crippen LogP contribution in [0.4, 0.5) is 17.1 Å². The minimum Gasteiger partial charge on any atom is -0.489 e. The molecule has 148 valence electrons. The van der Waals surface area contributed by atoms with Crippen molar-refractivity contribution in [2.24, 2.45) is 0 Å². The molecule has 0 radical (unpaired) electrons. The van der Waals surface area contributed by atoms with E-state index in [1.165, 1.54) is 12.1 Å². The van der Waals surface area contributed by atoms with Crippen LogP contribution in [0.5, 0.6) is 5.75 Å². The molecule has 29 heavy (non-hydrogen) atoms. The molecule has 3 rings (SSSR count). The van der Waals surface area contributed by atoms with Crippen LogP contribution in [0.1, 0.15) is 12.5 Å². The van der Waals surface area contributed by atoms with Gasteiger partial charge in [-0.25, -0.2) is 0 Å². The number of hydrogen-bond donors (Lipinski definition) is 2. The van der Waals surface area contributed by atoms with Crippen LogP contribution in [0.2, 0.25) is 0 Å². The zero-order valence-corrected chi connectivity index (χ0v) is 15.9. The van der Waals surface area contributed by atoms with Crippen molar-refractivity contribution in [2.75, 3.05) is 10.6 Å². The standard InChI is InChI=1S/C22H21N3O4/c1-16(23-19-8-5-9-20(14-19)25(27)28)22(26)24-18-10-12-21(13-11-18)29-15-17-6-3-2-4-7-17/h2-14,16,23H,15H2,1H3,(H,24,26)/t16-/m0/s1. The van der Waals surface area contributed by atoms with Crippen LogP contribution in [0, 0.1) is 10.1 Å². The number of nitro benzene ring substituents is 1. The molecule has 0 aliphatic rings. The SMILES string of the molecule is C[C@H](Nc1cccc([N+](=O)[O-])c1)C(=O)Nc1ccc(OCc2ccccc2)cc1. The maximum absolute atomic E-state index is 12.4. The molecule has 3 aromatic carbocycles. The van der Waals surface area contributed by atoms with Crippen molar-refractivity contribution >= 4 is 23.0 Å². The van der Waals surface area contributed by atoms with E-state index in [1.54, 1.807) is 43.3 Å². The van der Waals surface area contributed by atoms with Gasteiger partial charge in [-0.15, -0.1) is 0 Å². The van der Waals surface area contributed by atoms with Gasteiger partial charge in [-0.05, 0) is 42.8 Å². The third-order valence-corrected chi connectivity index (χ3v) is 4.20. The van der Waals surface area contributed by atoms with E-state index in [1.807, 2.05) is 30.3 Å². The Morgan fingerprint density at radius 2 is 1.72 bits per heavy atom. The maximum Gasteiger partial charge on any atom is 0.271 e. The molecule has 0 spiro atoms. The van der Waals surface area contributed by atoms with Crippen LogP contribution in [0.15, 0.2) is 78.9 Å². The molecule has 1 amide bonds. The van der Waals surface area contributed by atoms with E-state index >= 15 is 0 Å². The summed E-state index contributed by atoms with van der Waals surface area (Å²) >= 11 is 0. The molecule has 1 atom stereocenters. The fourth-order valence-electron chi connectivity index (χ4n) is 2.65. The summed E-state index contributed by atoms with van der Waals surface area (Å²) in [4.78, 5) is 22.8. The number of carbonyl (C=O) groups is 1. The summed E-state index contributed by atoms with van der Waals surface area (Å²) in [6.45, 7) is 2.15. The summed E-state index contributed by atoms with van der Waals surface area (Å²) in [5, 5.41) is 16.6. The smallest absolute Gasteiger partial charge is 0.271 e. The number of nitro groups is 1. The van der Waals surface area contributed by atoms with Gasteiger partial charge in [0.2, 0.25) is 5.91 Å². The molecule has 0 saturated heterocycles. The van der Waals surface area contributed by atoms with Crippen LogP contribution < -0.4 is 15.4 Å². The van der Waals surface area contributed by atoms with Gasteiger partial charge in [0, 0.05) is 23.5 Å². The molecule has 0 aliphatic carbocycles. The molecule has 0 saturated carbocycles. The number of hydrogen-bond acceptors (Lipinski definition) is 5. The van der Waals surface area contributed by atoms with Gasteiger partial charge in [0.05, 0.1) is 4.92 Å². The fraction of sp³-hybridized carbons (Fsp3) is 0.136. The number of carbonyl (C=O) groups excluding carboxylic acids is 1. The minimum atomic E-state index is -0.578. The van der Waals surface area contributed by atoms with Crippen molar-refractivity contribution in [3.05, 3.63) is 94.5 Å². The Morgan fingerprint density at radius 3 is 2.41 bits per heavy atom. The lowest BCUT2D eigenvalue weighted by Crippen LogP contribution is -2.31. The van der Waals surface area contributed by atoms with Crippen molar-refractivity contribution in [2.45, 2.75) is 19.6 Å². The van der Waals surface area contributed by atoms with E-state index < -0.39 is 11.0 Å². The molecule has 0 bridgehead atoms. The van der Waals surface area contributed by atoms with Crippen molar-refractivity contribution in [3.63, 3.8) is 0 Å². The van der Waals surface area contributed by atoms with Gasteiger partial charge in [-0.2, -0.15) is 0 Å². The molecule has 0 aliphatic heterocycles. The predicted octanol–water partition coefficient (Wildman–Crippen LogP) is 4.61.